The number of aliphatic hydroxyl groups is 1. The Hall–Kier alpha value is -1.75. The molecule has 1 atom stereocenters. The van der Waals surface area contributed by atoms with Gasteiger partial charge < -0.3 is 5.11 Å². The highest BCUT2D eigenvalue weighted by molar-refractivity contribution is 5.13. The predicted octanol–water partition coefficient (Wildman–Crippen LogP) is 0.486. The summed E-state index contributed by atoms with van der Waals surface area (Å²) >= 11 is 0. The monoisotopic (exact) mass is 204 g/mol. The van der Waals surface area contributed by atoms with Crippen LogP contribution in [0.1, 0.15) is 17.4 Å². The Balaban J connectivity index is 2.11. The van der Waals surface area contributed by atoms with Crippen molar-refractivity contribution in [2.75, 3.05) is 0 Å². The molecule has 0 saturated carbocycles. The van der Waals surface area contributed by atoms with Crippen molar-refractivity contribution in [3.8, 4) is 0 Å². The molecule has 0 spiro atoms. The van der Waals surface area contributed by atoms with Crippen molar-refractivity contribution >= 4 is 0 Å². The molecule has 0 bridgehead atoms. The number of rotatable bonds is 3. The van der Waals surface area contributed by atoms with Crippen LogP contribution in [0.5, 0.6) is 0 Å². The summed E-state index contributed by atoms with van der Waals surface area (Å²) in [5.41, 5.74) is 1.76. The first kappa shape index (κ1) is 9.79. The van der Waals surface area contributed by atoms with E-state index >= 15 is 0 Å². The van der Waals surface area contributed by atoms with E-state index in [1.165, 1.54) is 0 Å². The minimum atomic E-state index is -0.576. The summed E-state index contributed by atoms with van der Waals surface area (Å²) in [4.78, 5) is 3.92. The first-order chi connectivity index (χ1) is 7.27. The van der Waals surface area contributed by atoms with E-state index in [1.807, 2.05) is 12.1 Å². The van der Waals surface area contributed by atoms with E-state index in [0.29, 0.717) is 12.1 Å². The lowest BCUT2D eigenvalue weighted by molar-refractivity contribution is 0.168. The van der Waals surface area contributed by atoms with Gasteiger partial charge in [-0.2, -0.15) is 0 Å². The van der Waals surface area contributed by atoms with Crippen LogP contribution >= 0.6 is 0 Å². The molecule has 2 rings (SSSR count). The third-order valence-electron chi connectivity index (χ3n) is 2.27. The lowest BCUT2D eigenvalue weighted by atomic mass is 10.1. The summed E-state index contributed by atoms with van der Waals surface area (Å²) in [6.07, 6.45) is 4.97. The zero-order valence-corrected chi connectivity index (χ0v) is 8.41. The predicted molar refractivity (Wildman–Crippen MR) is 53.9 cm³/mol. The van der Waals surface area contributed by atoms with Crippen LogP contribution < -0.4 is 0 Å². The summed E-state index contributed by atoms with van der Waals surface area (Å²) in [7, 11) is 1.76. The Morgan fingerprint density at radius 3 is 2.73 bits per heavy atom. The molecule has 2 heterocycles. The highest BCUT2D eigenvalue weighted by Crippen LogP contribution is 2.15. The van der Waals surface area contributed by atoms with Crippen LogP contribution in [0.3, 0.4) is 0 Å². The molecule has 5 nitrogen and oxygen atoms in total. The second-order valence-corrected chi connectivity index (χ2v) is 3.36. The lowest BCUT2D eigenvalue weighted by Gasteiger charge is -2.09. The number of aromatic nitrogens is 4. The molecular formula is C10H12N4O. The third kappa shape index (κ3) is 2.19. The van der Waals surface area contributed by atoms with Crippen LogP contribution in [0.15, 0.2) is 30.7 Å². The van der Waals surface area contributed by atoms with Crippen LogP contribution in [-0.2, 0) is 13.5 Å². The number of hydrogen-bond acceptors (Lipinski definition) is 4. The molecule has 2 aromatic heterocycles. The zero-order chi connectivity index (χ0) is 10.7. The molecule has 0 aliphatic heterocycles. The van der Waals surface area contributed by atoms with Gasteiger partial charge in [-0.15, -0.1) is 5.10 Å². The lowest BCUT2D eigenvalue weighted by Crippen LogP contribution is -2.07. The largest absolute Gasteiger partial charge is 0.386 e. The average Bonchev–Trinajstić information content (AvgIpc) is 2.66. The van der Waals surface area contributed by atoms with Crippen LogP contribution in [-0.4, -0.2) is 25.1 Å². The highest BCUT2D eigenvalue weighted by Gasteiger charge is 2.12. The van der Waals surface area contributed by atoms with E-state index in [4.69, 9.17) is 0 Å². The zero-order valence-electron chi connectivity index (χ0n) is 8.41. The molecule has 1 N–H and O–H groups in total. The van der Waals surface area contributed by atoms with Crippen molar-refractivity contribution in [1.82, 2.24) is 20.0 Å². The highest BCUT2D eigenvalue weighted by atomic mass is 16.3. The molecule has 2 aromatic rings. The molecule has 0 fully saturated rings. The molecule has 0 amide bonds. The van der Waals surface area contributed by atoms with Gasteiger partial charge in [0.2, 0.25) is 0 Å². The molecule has 1 unspecified atom stereocenters. The summed E-state index contributed by atoms with van der Waals surface area (Å²) in [5, 5.41) is 17.4. The van der Waals surface area contributed by atoms with Crippen LogP contribution in [0.25, 0.3) is 0 Å². The molecule has 5 heteroatoms. The smallest absolute Gasteiger partial charge is 0.101 e. The molecule has 15 heavy (non-hydrogen) atoms. The number of aliphatic hydroxyl groups excluding tert-OH is 1. The molecule has 0 radical (unpaired) electrons. The summed E-state index contributed by atoms with van der Waals surface area (Å²) in [6, 6.07) is 3.76. The number of hydrogen-bond donors (Lipinski definition) is 1. The fourth-order valence-electron chi connectivity index (χ4n) is 1.45. The Labute approximate surface area is 87.4 Å². The Bertz CT molecular complexity index is 426. The van der Waals surface area contributed by atoms with Gasteiger partial charge in [0.25, 0.3) is 0 Å². The van der Waals surface area contributed by atoms with Crippen molar-refractivity contribution < 1.29 is 5.11 Å². The van der Waals surface area contributed by atoms with E-state index in [1.54, 1.807) is 30.3 Å². The van der Waals surface area contributed by atoms with Crippen molar-refractivity contribution in [1.29, 1.82) is 0 Å². The molecular weight excluding hydrogens is 192 g/mol. The normalized spacial score (nSPS) is 12.7. The molecule has 0 aliphatic carbocycles. The van der Waals surface area contributed by atoms with Gasteiger partial charge in [0.1, 0.15) is 6.10 Å². The summed E-state index contributed by atoms with van der Waals surface area (Å²) in [5.74, 6) is 0. The standard InChI is InChI=1S/C10H12N4O/c1-14-9(7-12-13-14)10(15)6-8-2-4-11-5-3-8/h2-5,7,10,15H,6H2,1H3. The van der Waals surface area contributed by atoms with Crippen molar-refractivity contribution in [2.45, 2.75) is 12.5 Å². The van der Waals surface area contributed by atoms with Gasteiger partial charge in [-0.05, 0) is 17.7 Å². The van der Waals surface area contributed by atoms with Crippen molar-refractivity contribution in [2.24, 2.45) is 7.05 Å². The minimum Gasteiger partial charge on any atom is -0.386 e. The van der Waals surface area contributed by atoms with Gasteiger partial charge in [0.15, 0.2) is 0 Å². The Morgan fingerprint density at radius 2 is 2.13 bits per heavy atom. The summed E-state index contributed by atoms with van der Waals surface area (Å²) < 4.78 is 1.58. The van der Waals surface area contributed by atoms with Crippen LogP contribution in [0.4, 0.5) is 0 Å². The second kappa shape index (κ2) is 4.18. The van der Waals surface area contributed by atoms with Gasteiger partial charge in [-0.25, -0.2) is 4.68 Å². The van der Waals surface area contributed by atoms with Crippen molar-refractivity contribution in [3.05, 3.63) is 42.0 Å². The molecule has 78 valence electrons. The number of pyridine rings is 1. The van der Waals surface area contributed by atoms with Gasteiger partial charge in [0, 0.05) is 25.9 Å². The second-order valence-electron chi connectivity index (χ2n) is 3.36. The fraction of sp³-hybridized carbons (Fsp3) is 0.300. The topological polar surface area (TPSA) is 63.8 Å². The Kier molecular flexibility index (Phi) is 2.73. The maximum absolute atomic E-state index is 9.92. The van der Waals surface area contributed by atoms with Crippen LogP contribution in [0.2, 0.25) is 0 Å². The molecule has 0 aromatic carbocycles. The van der Waals surface area contributed by atoms with E-state index < -0.39 is 6.10 Å². The van der Waals surface area contributed by atoms with Gasteiger partial charge in [0.05, 0.1) is 11.9 Å². The number of nitrogens with zero attached hydrogens (tertiary/aromatic N) is 4. The number of aryl methyl sites for hydroxylation is 1. The quantitative estimate of drug-likeness (QED) is 0.790. The Morgan fingerprint density at radius 1 is 1.40 bits per heavy atom. The summed E-state index contributed by atoms with van der Waals surface area (Å²) in [6.45, 7) is 0. The first-order valence-corrected chi connectivity index (χ1v) is 4.69. The van der Waals surface area contributed by atoms with E-state index in [2.05, 4.69) is 15.3 Å². The first-order valence-electron chi connectivity index (χ1n) is 4.69. The van der Waals surface area contributed by atoms with Gasteiger partial charge in [-0.3, -0.25) is 4.98 Å². The van der Waals surface area contributed by atoms with E-state index in [-0.39, 0.29) is 0 Å². The van der Waals surface area contributed by atoms with Crippen LogP contribution in [0, 0.1) is 0 Å². The van der Waals surface area contributed by atoms with E-state index in [0.717, 1.165) is 5.56 Å². The SMILES string of the molecule is Cn1nncc1C(O)Cc1ccncc1. The van der Waals surface area contributed by atoms with Crippen molar-refractivity contribution in [3.63, 3.8) is 0 Å². The molecule has 0 saturated heterocycles. The average molecular weight is 204 g/mol. The minimum absolute atomic E-state index is 0.545. The maximum atomic E-state index is 9.92. The van der Waals surface area contributed by atoms with Gasteiger partial charge >= 0.3 is 0 Å². The van der Waals surface area contributed by atoms with E-state index in [9.17, 15) is 5.11 Å². The maximum Gasteiger partial charge on any atom is 0.101 e. The molecule has 0 aliphatic rings. The fourth-order valence-corrected chi connectivity index (χ4v) is 1.45. The van der Waals surface area contributed by atoms with Gasteiger partial charge in [-0.1, -0.05) is 5.21 Å². The third-order valence-corrected chi connectivity index (χ3v) is 2.27.